The van der Waals surface area contributed by atoms with Crippen LogP contribution in [-0.2, 0) is 25.6 Å². The Kier molecular flexibility index (Phi) is 12.4. The van der Waals surface area contributed by atoms with Crippen LogP contribution in [0.5, 0.6) is 5.75 Å². The van der Waals surface area contributed by atoms with Gasteiger partial charge in [0.2, 0.25) is 11.7 Å². The van der Waals surface area contributed by atoms with E-state index in [1.165, 1.54) is 51.1 Å². The molecular weight excluding hydrogens is 614 g/mol. The first kappa shape index (κ1) is 33.5. The maximum absolute atomic E-state index is 14.6. The van der Waals surface area contributed by atoms with Gasteiger partial charge in [-0.1, -0.05) is 66.3 Å². The van der Waals surface area contributed by atoms with Crippen molar-refractivity contribution in [3.63, 3.8) is 0 Å². The SMILES string of the molecule is CCNC(=O)C(F)(F)C(=O)[C@@H](NC(=O)C(Cc1ccc(Cl)c(Cl)c1)NC(=O)COc1cc(Cl)cc(Cl)c1)C(C)C. The lowest BCUT2D eigenvalue weighted by Crippen LogP contribution is -2.59. The van der Waals surface area contributed by atoms with Gasteiger partial charge in [-0.25, -0.2) is 0 Å². The maximum atomic E-state index is 14.6. The number of rotatable bonds is 13. The summed E-state index contributed by atoms with van der Waals surface area (Å²) in [6.07, 6.45) is -0.150. The summed E-state index contributed by atoms with van der Waals surface area (Å²) in [6.45, 7) is 3.59. The minimum Gasteiger partial charge on any atom is -0.484 e. The molecule has 0 saturated carbocycles. The summed E-state index contributed by atoms with van der Waals surface area (Å²) >= 11 is 23.9. The molecule has 2 atom stereocenters. The Morgan fingerprint density at radius 3 is 2.10 bits per heavy atom. The van der Waals surface area contributed by atoms with Crippen LogP contribution in [0.3, 0.4) is 0 Å². The topological polar surface area (TPSA) is 114 Å². The highest BCUT2D eigenvalue weighted by Gasteiger charge is 2.51. The number of nitrogens with one attached hydrogen (secondary N) is 3. The Bertz CT molecular complexity index is 1240. The number of halogens is 6. The molecule has 3 N–H and O–H groups in total. The van der Waals surface area contributed by atoms with Gasteiger partial charge in [-0.05, 0) is 48.7 Å². The van der Waals surface area contributed by atoms with Crippen LogP contribution in [0.1, 0.15) is 26.3 Å². The standard InChI is InChI=1S/C26H27Cl4F2N3O5/c1-4-33-25(39)26(31,32)23(37)22(13(2)3)35-24(38)20(8-14-5-6-18(29)19(30)7-14)34-21(36)12-40-17-10-15(27)9-16(28)11-17/h5-7,9-11,13,20,22H,4,8,12H2,1-3H3,(H,33,39)(H,34,36)(H,35,38)/t20?,22-/m0/s1. The molecular formula is C26H27Cl4F2N3O5. The molecule has 0 aromatic heterocycles. The number of Topliss-reactive ketones (excluding diaryl/α,β-unsaturated/α-hetero) is 1. The number of hydrogen-bond donors (Lipinski definition) is 3. The highest BCUT2D eigenvalue weighted by Crippen LogP contribution is 2.25. The second-order valence-corrected chi connectivity index (χ2v) is 10.7. The van der Waals surface area contributed by atoms with E-state index in [0.717, 1.165) is 0 Å². The van der Waals surface area contributed by atoms with Crippen molar-refractivity contribution in [3.8, 4) is 5.75 Å². The first-order valence-electron chi connectivity index (χ1n) is 12.0. The minimum atomic E-state index is -4.40. The second kappa shape index (κ2) is 14.8. The number of ether oxygens (including phenoxy) is 1. The van der Waals surface area contributed by atoms with Crippen molar-refractivity contribution in [2.45, 2.75) is 45.2 Å². The predicted octanol–water partition coefficient (Wildman–Crippen LogP) is 4.89. The van der Waals surface area contributed by atoms with E-state index < -0.39 is 54.0 Å². The van der Waals surface area contributed by atoms with Gasteiger partial charge in [0.05, 0.1) is 16.1 Å². The van der Waals surface area contributed by atoms with Crippen molar-refractivity contribution in [2.24, 2.45) is 5.92 Å². The molecule has 218 valence electrons. The van der Waals surface area contributed by atoms with E-state index in [1.54, 1.807) is 6.07 Å². The number of carbonyl (C=O) groups is 4. The summed E-state index contributed by atoms with van der Waals surface area (Å²) in [5, 5.41) is 7.61. The molecule has 0 radical (unpaired) electrons. The van der Waals surface area contributed by atoms with Gasteiger partial charge in [0.1, 0.15) is 11.8 Å². The molecule has 0 spiro atoms. The molecule has 2 aromatic rings. The summed E-state index contributed by atoms with van der Waals surface area (Å²) in [7, 11) is 0. The zero-order chi connectivity index (χ0) is 30.2. The largest absolute Gasteiger partial charge is 0.484 e. The molecule has 0 aliphatic rings. The molecule has 3 amide bonds. The highest BCUT2D eigenvalue weighted by molar-refractivity contribution is 6.42. The lowest BCUT2D eigenvalue weighted by molar-refractivity contribution is -0.161. The van der Waals surface area contributed by atoms with Crippen LogP contribution in [0.15, 0.2) is 36.4 Å². The molecule has 0 fully saturated rings. The number of alkyl halides is 2. The molecule has 0 heterocycles. The Balaban J connectivity index is 2.27. The molecule has 1 unspecified atom stereocenters. The molecule has 0 bridgehead atoms. The Morgan fingerprint density at radius 1 is 0.925 bits per heavy atom. The zero-order valence-corrected chi connectivity index (χ0v) is 24.7. The first-order valence-corrected chi connectivity index (χ1v) is 13.5. The zero-order valence-electron chi connectivity index (χ0n) is 21.6. The van der Waals surface area contributed by atoms with Crippen LogP contribution in [-0.4, -0.2) is 54.7 Å². The molecule has 0 saturated heterocycles. The summed E-state index contributed by atoms with van der Waals surface area (Å²) in [5.41, 5.74) is 0.470. The lowest BCUT2D eigenvalue weighted by atomic mass is 9.94. The van der Waals surface area contributed by atoms with Crippen molar-refractivity contribution in [1.29, 1.82) is 0 Å². The van der Waals surface area contributed by atoms with Crippen molar-refractivity contribution in [1.82, 2.24) is 16.0 Å². The van der Waals surface area contributed by atoms with Crippen LogP contribution in [0.4, 0.5) is 8.78 Å². The van der Waals surface area contributed by atoms with E-state index in [0.29, 0.717) is 5.56 Å². The second-order valence-electron chi connectivity index (χ2n) is 8.99. The Hall–Kier alpha value is -2.66. The monoisotopic (exact) mass is 639 g/mol. The van der Waals surface area contributed by atoms with Gasteiger partial charge in [0.25, 0.3) is 11.8 Å². The van der Waals surface area contributed by atoms with Crippen LogP contribution in [0.25, 0.3) is 0 Å². The number of amides is 3. The maximum Gasteiger partial charge on any atom is 0.383 e. The molecule has 2 aromatic carbocycles. The molecule has 2 rings (SSSR count). The predicted molar refractivity (Wildman–Crippen MR) is 149 cm³/mol. The van der Waals surface area contributed by atoms with Gasteiger partial charge >= 0.3 is 5.92 Å². The third-order valence-electron chi connectivity index (χ3n) is 5.46. The van der Waals surface area contributed by atoms with Gasteiger partial charge in [-0.3, -0.25) is 19.2 Å². The third-order valence-corrected chi connectivity index (χ3v) is 6.64. The van der Waals surface area contributed by atoms with Crippen LogP contribution < -0.4 is 20.7 Å². The van der Waals surface area contributed by atoms with Gasteiger partial charge in [-0.2, -0.15) is 8.78 Å². The summed E-state index contributed by atoms with van der Waals surface area (Å²) in [4.78, 5) is 50.5. The normalized spacial score (nSPS) is 12.8. The minimum absolute atomic E-state index is 0.123. The quantitative estimate of drug-likeness (QED) is 0.270. The number of benzene rings is 2. The van der Waals surface area contributed by atoms with Gasteiger partial charge in [0, 0.05) is 23.0 Å². The van der Waals surface area contributed by atoms with Gasteiger partial charge < -0.3 is 20.7 Å². The molecule has 40 heavy (non-hydrogen) atoms. The van der Waals surface area contributed by atoms with Crippen molar-refractivity contribution >= 4 is 69.9 Å². The Labute approximate surface area is 250 Å². The average Bonchev–Trinajstić information content (AvgIpc) is 2.86. The van der Waals surface area contributed by atoms with E-state index >= 15 is 0 Å². The summed E-state index contributed by atoms with van der Waals surface area (Å²) in [6, 6.07) is 5.72. The number of hydrogen-bond acceptors (Lipinski definition) is 5. The van der Waals surface area contributed by atoms with E-state index in [2.05, 4.69) is 10.6 Å². The summed E-state index contributed by atoms with van der Waals surface area (Å²) in [5.74, 6) is -10.3. The summed E-state index contributed by atoms with van der Waals surface area (Å²) < 4.78 is 34.5. The van der Waals surface area contributed by atoms with E-state index in [1.807, 2.05) is 5.32 Å². The fraction of sp³-hybridized carbons (Fsp3) is 0.385. The Morgan fingerprint density at radius 2 is 1.55 bits per heavy atom. The number of carbonyl (C=O) groups excluding carboxylic acids is 4. The van der Waals surface area contributed by atoms with E-state index in [-0.39, 0.29) is 38.8 Å². The van der Waals surface area contributed by atoms with Crippen molar-refractivity contribution < 1.29 is 32.7 Å². The molecule has 0 aliphatic heterocycles. The fourth-order valence-electron chi connectivity index (χ4n) is 3.48. The molecule has 14 heteroatoms. The molecule has 0 aliphatic carbocycles. The third kappa shape index (κ3) is 9.47. The van der Waals surface area contributed by atoms with Crippen molar-refractivity contribution in [2.75, 3.05) is 13.2 Å². The fourth-order valence-corrected chi connectivity index (χ4v) is 4.30. The van der Waals surface area contributed by atoms with Crippen molar-refractivity contribution in [3.05, 3.63) is 62.1 Å². The van der Waals surface area contributed by atoms with E-state index in [9.17, 15) is 28.0 Å². The highest BCUT2D eigenvalue weighted by atomic mass is 35.5. The smallest absolute Gasteiger partial charge is 0.383 e. The van der Waals surface area contributed by atoms with E-state index in [4.69, 9.17) is 51.1 Å². The first-order chi connectivity index (χ1) is 18.6. The van der Waals surface area contributed by atoms with Crippen LogP contribution in [0, 0.1) is 5.92 Å². The average molecular weight is 641 g/mol. The van der Waals surface area contributed by atoms with Gasteiger partial charge in [0.15, 0.2) is 6.61 Å². The van der Waals surface area contributed by atoms with Crippen LogP contribution in [0.2, 0.25) is 20.1 Å². The van der Waals surface area contributed by atoms with Crippen LogP contribution >= 0.6 is 46.4 Å². The lowest BCUT2D eigenvalue weighted by Gasteiger charge is -2.27. The number of ketones is 1. The van der Waals surface area contributed by atoms with Gasteiger partial charge in [-0.15, -0.1) is 0 Å². The molecule has 8 nitrogen and oxygen atoms in total.